The van der Waals surface area contributed by atoms with E-state index in [1.165, 1.54) is 0 Å². The fourth-order valence-electron chi connectivity index (χ4n) is 1.36. The molecule has 0 saturated carbocycles. The van der Waals surface area contributed by atoms with Crippen molar-refractivity contribution >= 4 is 0 Å². The van der Waals surface area contributed by atoms with E-state index in [4.69, 9.17) is 9.47 Å². The average Bonchev–Trinajstić information content (AvgIpc) is 2.27. The van der Waals surface area contributed by atoms with Crippen molar-refractivity contribution in [3.05, 3.63) is 24.0 Å². The lowest BCUT2D eigenvalue weighted by Gasteiger charge is -2.29. The average molecular weight is 211 g/mol. The van der Waals surface area contributed by atoms with Crippen molar-refractivity contribution in [2.24, 2.45) is 0 Å². The van der Waals surface area contributed by atoms with E-state index in [-0.39, 0.29) is 6.10 Å². The van der Waals surface area contributed by atoms with Gasteiger partial charge in [-0.05, 0) is 26.0 Å². The topological polar surface area (TPSA) is 51.6 Å². The van der Waals surface area contributed by atoms with Crippen molar-refractivity contribution in [1.29, 1.82) is 0 Å². The molecule has 4 heteroatoms. The Morgan fingerprint density at radius 3 is 2.67 bits per heavy atom. The Bertz CT molecular complexity index is 325. The zero-order valence-electron chi connectivity index (χ0n) is 9.52. The van der Waals surface area contributed by atoms with Gasteiger partial charge < -0.3 is 14.6 Å². The Kier molecular flexibility index (Phi) is 3.66. The number of methoxy groups -OCH3 is 2. The van der Waals surface area contributed by atoms with Gasteiger partial charge in [0.05, 0.1) is 13.2 Å². The molecule has 0 bridgehead atoms. The second-order valence-electron chi connectivity index (χ2n) is 3.58. The quantitative estimate of drug-likeness (QED) is 0.816. The Morgan fingerprint density at radius 2 is 2.13 bits per heavy atom. The summed E-state index contributed by atoms with van der Waals surface area (Å²) in [5.41, 5.74) is -0.678. The molecule has 0 aromatic carbocycles. The predicted molar refractivity (Wildman–Crippen MR) is 56.8 cm³/mol. The van der Waals surface area contributed by atoms with Crippen LogP contribution in [0.15, 0.2) is 18.3 Å². The summed E-state index contributed by atoms with van der Waals surface area (Å²) in [6, 6.07) is 3.52. The van der Waals surface area contributed by atoms with Crippen LogP contribution in [0.1, 0.15) is 19.5 Å². The summed E-state index contributed by atoms with van der Waals surface area (Å²) in [4.78, 5) is 4.14. The normalized spacial score (nSPS) is 16.9. The molecule has 0 spiro atoms. The van der Waals surface area contributed by atoms with E-state index < -0.39 is 5.60 Å². The third-order valence-corrected chi connectivity index (χ3v) is 2.62. The van der Waals surface area contributed by atoms with Crippen molar-refractivity contribution in [3.8, 4) is 5.75 Å². The number of hydrogen-bond acceptors (Lipinski definition) is 4. The molecule has 4 nitrogen and oxygen atoms in total. The monoisotopic (exact) mass is 211 g/mol. The van der Waals surface area contributed by atoms with E-state index in [1.807, 2.05) is 0 Å². The Hall–Kier alpha value is -1.13. The van der Waals surface area contributed by atoms with Crippen LogP contribution in [0.3, 0.4) is 0 Å². The molecule has 1 N–H and O–H groups in total. The summed E-state index contributed by atoms with van der Waals surface area (Å²) < 4.78 is 10.3. The third-order valence-electron chi connectivity index (χ3n) is 2.62. The molecule has 1 aromatic rings. The zero-order valence-corrected chi connectivity index (χ0v) is 9.52. The third kappa shape index (κ3) is 2.27. The van der Waals surface area contributed by atoms with Gasteiger partial charge in [0, 0.05) is 13.3 Å². The summed E-state index contributed by atoms with van der Waals surface area (Å²) in [5, 5.41) is 10.3. The van der Waals surface area contributed by atoms with E-state index >= 15 is 0 Å². The molecule has 0 aliphatic carbocycles. The van der Waals surface area contributed by atoms with E-state index in [1.54, 1.807) is 46.4 Å². The molecule has 1 rings (SSSR count). The van der Waals surface area contributed by atoms with Crippen molar-refractivity contribution < 1.29 is 14.6 Å². The highest BCUT2D eigenvalue weighted by Gasteiger charge is 2.34. The molecule has 2 unspecified atom stereocenters. The Morgan fingerprint density at radius 1 is 1.47 bits per heavy atom. The highest BCUT2D eigenvalue weighted by molar-refractivity contribution is 5.32. The van der Waals surface area contributed by atoms with Gasteiger partial charge in [-0.2, -0.15) is 0 Å². The van der Waals surface area contributed by atoms with Gasteiger partial charge in [0.1, 0.15) is 17.0 Å². The largest absolute Gasteiger partial charge is 0.495 e. The van der Waals surface area contributed by atoms with Gasteiger partial charge in [0.2, 0.25) is 0 Å². The first-order valence-corrected chi connectivity index (χ1v) is 4.78. The number of aliphatic hydroxyl groups is 1. The van der Waals surface area contributed by atoms with Gasteiger partial charge in [0.15, 0.2) is 0 Å². The van der Waals surface area contributed by atoms with Crippen LogP contribution >= 0.6 is 0 Å². The van der Waals surface area contributed by atoms with Crippen LogP contribution in [0.5, 0.6) is 5.75 Å². The first-order valence-electron chi connectivity index (χ1n) is 4.78. The van der Waals surface area contributed by atoms with Crippen LogP contribution in [0.25, 0.3) is 0 Å². The SMILES string of the molecule is COc1cccnc1C(C)(O)C(C)OC. The molecule has 0 aliphatic rings. The van der Waals surface area contributed by atoms with Crippen LogP contribution in [0, 0.1) is 0 Å². The maximum atomic E-state index is 10.3. The molecule has 0 saturated heterocycles. The molecular weight excluding hydrogens is 194 g/mol. The second-order valence-corrected chi connectivity index (χ2v) is 3.58. The first kappa shape index (κ1) is 11.9. The van der Waals surface area contributed by atoms with Crippen LogP contribution in [-0.4, -0.2) is 30.4 Å². The summed E-state index contributed by atoms with van der Waals surface area (Å²) >= 11 is 0. The van der Waals surface area contributed by atoms with Crippen LogP contribution in [-0.2, 0) is 10.3 Å². The molecule has 0 fully saturated rings. The van der Waals surface area contributed by atoms with Gasteiger partial charge >= 0.3 is 0 Å². The second kappa shape index (κ2) is 4.59. The van der Waals surface area contributed by atoms with Gasteiger partial charge in [-0.15, -0.1) is 0 Å². The highest BCUT2D eigenvalue weighted by atomic mass is 16.5. The molecule has 1 aromatic heterocycles. The van der Waals surface area contributed by atoms with Crippen LogP contribution in [0.4, 0.5) is 0 Å². The van der Waals surface area contributed by atoms with Crippen LogP contribution < -0.4 is 4.74 Å². The van der Waals surface area contributed by atoms with E-state index in [2.05, 4.69) is 4.98 Å². The molecule has 1 heterocycles. The van der Waals surface area contributed by atoms with Gasteiger partial charge in [0.25, 0.3) is 0 Å². The molecule has 15 heavy (non-hydrogen) atoms. The lowest BCUT2D eigenvalue weighted by molar-refractivity contribution is -0.0809. The number of ether oxygens (including phenoxy) is 2. The number of aromatic nitrogens is 1. The predicted octanol–water partition coefficient (Wildman–Crippen LogP) is 1.33. The molecular formula is C11H17NO3. The highest BCUT2D eigenvalue weighted by Crippen LogP contribution is 2.31. The number of hydrogen-bond donors (Lipinski definition) is 1. The molecule has 0 amide bonds. The van der Waals surface area contributed by atoms with Gasteiger partial charge in [-0.3, -0.25) is 4.98 Å². The minimum Gasteiger partial charge on any atom is -0.495 e. The molecule has 2 atom stereocenters. The summed E-state index contributed by atoms with van der Waals surface area (Å²) in [6.45, 7) is 3.44. The fraction of sp³-hybridized carbons (Fsp3) is 0.545. The molecule has 0 radical (unpaired) electrons. The minimum atomic E-state index is -1.17. The van der Waals surface area contributed by atoms with E-state index in [0.29, 0.717) is 11.4 Å². The molecule has 0 aliphatic heterocycles. The lowest BCUT2D eigenvalue weighted by Crippen LogP contribution is -2.36. The lowest BCUT2D eigenvalue weighted by atomic mass is 9.95. The number of rotatable bonds is 4. The fourth-order valence-corrected chi connectivity index (χ4v) is 1.36. The minimum absolute atomic E-state index is 0.360. The first-order chi connectivity index (χ1) is 7.04. The van der Waals surface area contributed by atoms with Crippen molar-refractivity contribution in [1.82, 2.24) is 4.98 Å². The maximum Gasteiger partial charge on any atom is 0.143 e. The van der Waals surface area contributed by atoms with E-state index in [0.717, 1.165) is 0 Å². The van der Waals surface area contributed by atoms with Gasteiger partial charge in [-0.1, -0.05) is 0 Å². The summed E-state index contributed by atoms with van der Waals surface area (Å²) in [7, 11) is 3.10. The maximum absolute atomic E-state index is 10.3. The van der Waals surface area contributed by atoms with Crippen LogP contribution in [0.2, 0.25) is 0 Å². The smallest absolute Gasteiger partial charge is 0.143 e. The molecule has 84 valence electrons. The number of nitrogens with zero attached hydrogens (tertiary/aromatic N) is 1. The Balaban J connectivity index is 3.13. The summed E-state index contributed by atoms with van der Waals surface area (Å²) in [5.74, 6) is 0.561. The van der Waals surface area contributed by atoms with E-state index in [9.17, 15) is 5.11 Å². The van der Waals surface area contributed by atoms with Crippen molar-refractivity contribution in [2.45, 2.75) is 25.6 Å². The van der Waals surface area contributed by atoms with Crippen molar-refractivity contribution in [3.63, 3.8) is 0 Å². The van der Waals surface area contributed by atoms with Crippen molar-refractivity contribution in [2.75, 3.05) is 14.2 Å². The summed E-state index contributed by atoms with van der Waals surface area (Å²) in [6.07, 6.45) is 1.26. The van der Waals surface area contributed by atoms with Gasteiger partial charge in [-0.25, -0.2) is 0 Å². The number of pyridine rings is 1. The standard InChI is InChI=1S/C11H17NO3/c1-8(14-3)11(2,13)10-9(15-4)6-5-7-12-10/h5-8,13H,1-4H3. The Labute approximate surface area is 89.9 Å². The zero-order chi connectivity index (χ0) is 11.5.